The van der Waals surface area contributed by atoms with Crippen LogP contribution in [0.1, 0.15) is 50.6 Å². The molecule has 0 bridgehead atoms. The quantitative estimate of drug-likeness (QED) is 0.842. The number of nitrogens with two attached hydrogens (primary N) is 1. The third-order valence-electron chi connectivity index (χ3n) is 3.99. The smallest absolute Gasteiger partial charge is 0.131 e. The predicted molar refractivity (Wildman–Crippen MR) is 77.1 cm³/mol. The van der Waals surface area contributed by atoms with Gasteiger partial charge in [-0.15, -0.1) is 0 Å². The zero-order valence-electron chi connectivity index (χ0n) is 12.0. The Morgan fingerprint density at radius 2 is 2.10 bits per heavy atom. The fraction of sp³-hybridized carbons (Fsp3) is 0.625. The van der Waals surface area contributed by atoms with Crippen LogP contribution in [0.4, 0.5) is 4.39 Å². The van der Waals surface area contributed by atoms with Gasteiger partial charge in [0.1, 0.15) is 18.2 Å². The Kier molecular flexibility index (Phi) is 5.38. The van der Waals surface area contributed by atoms with E-state index in [2.05, 4.69) is 0 Å². The second kappa shape index (κ2) is 7.04. The van der Waals surface area contributed by atoms with E-state index < -0.39 is 6.10 Å². The van der Waals surface area contributed by atoms with Crippen LogP contribution in [0, 0.1) is 11.7 Å². The van der Waals surface area contributed by atoms with Crippen molar-refractivity contribution in [2.24, 2.45) is 11.7 Å². The summed E-state index contributed by atoms with van der Waals surface area (Å²) in [4.78, 5) is 0. The minimum atomic E-state index is -0.478. The van der Waals surface area contributed by atoms with Crippen LogP contribution in [-0.4, -0.2) is 17.8 Å². The van der Waals surface area contributed by atoms with E-state index >= 15 is 0 Å². The van der Waals surface area contributed by atoms with E-state index in [1.54, 1.807) is 19.1 Å². The minimum Gasteiger partial charge on any atom is -0.491 e. The van der Waals surface area contributed by atoms with E-state index in [0.717, 1.165) is 6.42 Å². The van der Waals surface area contributed by atoms with Gasteiger partial charge in [-0.3, -0.25) is 0 Å². The van der Waals surface area contributed by atoms with Crippen molar-refractivity contribution >= 4 is 0 Å². The van der Waals surface area contributed by atoms with Crippen LogP contribution in [0.2, 0.25) is 0 Å². The molecule has 1 aromatic rings. The molecule has 0 aliphatic heterocycles. The Hall–Kier alpha value is -1.13. The van der Waals surface area contributed by atoms with Gasteiger partial charge in [-0.25, -0.2) is 4.39 Å². The summed E-state index contributed by atoms with van der Waals surface area (Å²) in [6, 6.07) is 4.33. The first-order chi connectivity index (χ1) is 9.56. The normalized spacial score (nSPS) is 19.0. The molecule has 3 nitrogen and oxygen atoms in total. The summed E-state index contributed by atoms with van der Waals surface area (Å²) in [7, 11) is 0. The number of aliphatic hydroxyl groups excluding tert-OH is 1. The van der Waals surface area contributed by atoms with Crippen LogP contribution >= 0.6 is 0 Å². The Balaban J connectivity index is 1.82. The van der Waals surface area contributed by atoms with E-state index in [4.69, 9.17) is 10.5 Å². The molecule has 2 atom stereocenters. The van der Waals surface area contributed by atoms with Gasteiger partial charge in [-0.05, 0) is 25.3 Å². The van der Waals surface area contributed by atoms with Crippen LogP contribution in [-0.2, 0) is 0 Å². The molecule has 0 radical (unpaired) electrons. The van der Waals surface area contributed by atoms with E-state index in [0.29, 0.717) is 17.2 Å². The highest BCUT2D eigenvalue weighted by Gasteiger charge is 2.19. The van der Waals surface area contributed by atoms with E-state index in [1.807, 2.05) is 0 Å². The number of aliphatic hydroxyl groups is 1. The number of hydrogen-bond donors (Lipinski definition) is 2. The molecule has 1 fully saturated rings. The molecule has 1 aliphatic carbocycles. The summed E-state index contributed by atoms with van der Waals surface area (Å²) in [5, 5.41) is 9.94. The predicted octanol–water partition coefficient (Wildman–Crippen LogP) is 3.17. The van der Waals surface area contributed by atoms with E-state index in [-0.39, 0.29) is 18.5 Å². The molecule has 2 rings (SSSR count). The van der Waals surface area contributed by atoms with Gasteiger partial charge >= 0.3 is 0 Å². The van der Waals surface area contributed by atoms with Gasteiger partial charge in [0.2, 0.25) is 0 Å². The highest BCUT2D eigenvalue weighted by Crippen LogP contribution is 2.28. The van der Waals surface area contributed by atoms with Crippen molar-refractivity contribution in [3.63, 3.8) is 0 Å². The van der Waals surface area contributed by atoms with Crippen LogP contribution in [0.3, 0.4) is 0 Å². The van der Waals surface area contributed by atoms with Gasteiger partial charge in [0.05, 0.1) is 6.10 Å². The summed E-state index contributed by atoms with van der Waals surface area (Å²) in [5.74, 6) is 0.700. The van der Waals surface area contributed by atoms with Gasteiger partial charge in [-0.2, -0.15) is 0 Å². The molecule has 0 heterocycles. The molecule has 3 N–H and O–H groups in total. The fourth-order valence-corrected chi connectivity index (χ4v) is 2.86. The molecule has 0 spiro atoms. The number of halogens is 1. The van der Waals surface area contributed by atoms with Crippen LogP contribution in [0.15, 0.2) is 18.2 Å². The van der Waals surface area contributed by atoms with Crippen molar-refractivity contribution in [3.05, 3.63) is 29.6 Å². The Labute approximate surface area is 119 Å². The maximum Gasteiger partial charge on any atom is 0.131 e. The van der Waals surface area contributed by atoms with Crippen molar-refractivity contribution in [1.29, 1.82) is 0 Å². The van der Waals surface area contributed by atoms with Crippen LogP contribution < -0.4 is 10.5 Å². The average molecular weight is 281 g/mol. The molecular formula is C16H24FNO2. The summed E-state index contributed by atoms with van der Waals surface area (Å²) in [6.45, 7) is 1.96. The van der Waals surface area contributed by atoms with Gasteiger partial charge in [0.15, 0.2) is 0 Å². The zero-order chi connectivity index (χ0) is 14.5. The molecular weight excluding hydrogens is 257 g/mol. The number of ether oxygens (including phenoxy) is 1. The molecule has 1 aliphatic rings. The average Bonchev–Trinajstić information content (AvgIpc) is 2.89. The molecule has 0 aromatic heterocycles. The highest BCUT2D eigenvalue weighted by atomic mass is 19.1. The largest absolute Gasteiger partial charge is 0.491 e. The number of benzene rings is 1. The lowest BCUT2D eigenvalue weighted by Crippen LogP contribution is -2.20. The van der Waals surface area contributed by atoms with Gasteiger partial charge < -0.3 is 15.6 Å². The summed E-state index contributed by atoms with van der Waals surface area (Å²) < 4.78 is 19.2. The monoisotopic (exact) mass is 281 g/mol. The van der Waals surface area contributed by atoms with Crippen LogP contribution in [0.5, 0.6) is 5.75 Å². The van der Waals surface area contributed by atoms with Crippen molar-refractivity contribution in [2.45, 2.75) is 51.2 Å². The topological polar surface area (TPSA) is 55.5 Å². The van der Waals surface area contributed by atoms with E-state index in [1.165, 1.54) is 31.7 Å². The third-order valence-corrected chi connectivity index (χ3v) is 3.99. The maximum absolute atomic E-state index is 13.7. The molecule has 112 valence electrons. The second-order valence-corrected chi connectivity index (χ2v) is 5.82. The Morgan fingerprint density at radius 3 is 2.70 bits per heavy atom. The lowest BCUT2D eigenvalue weighted by Gasteiger charge is -2.16. The van der Waals surface area contributed by atoms with Crippen molar-refractivity contribution in [2.75, 3.05) is 6.61 Å². The zero-order valence-corrected chi connectivity index (χ0v) is 12.0. The van der Waals surface area contributed by atoms with Gasteiger partial charge in [0.25, 0.3) is 0 Å². The second-order valence-electron chi connectivity index (χ2n) is 5.82. The minimum absolute atomic E-state index is 0.216. The molecule has 20 heavy (non-hydrogen) atoms. The highest BCUT2D eigenvalue weighted by molar-refractivity contribution is 5.30. The van der Waals surface area contributed by atoms with Gasteiger partial charge in [-0.1, -0.05) is 31.7 Å². The van der Waals surface area contributed by atoms with Crippen molar-refractivity contribution < 1.29 is 14.2 Å². The summed E-state index contributed by atoms with van der Waals surface area (Å²) in [5.41, 5.74) is 6.13. The lowest BCUT2D eigenvalue weighted by molar-refractivity contribution is 0.0853. The molecule has 1 aromatic carbocycles. The number of hydrogen-bond acceptors (Lipinski definition) is 3. The standard InChI is InChI=1S/C16H24FNO2/c1-11(18)15-7-6-14(9-16(15)17)20-10-13(19)8-12-4-2-3-5-12/h6-7,9,11-13,19H,2-5,8,10,18H2,1H3/t11-,13?/m1/s1. The summed E-state index contributed by atoms with van der Waals surface area (Å²) in [6.07, 6.45) is 5.24. The first-order valence-electron chi connectivity index (χ1n) is 7.42. The van der Waals surface area contributed by atoms with Crippen molar-refractivity contribution in [1.82, 2.24) is 0 Å². The number of rotatable bonds is 6. The maximum atomic E-state index is 13.7. The molecule has 0 saturated heterocycles. The molecule has 0 amide bonds. The molecule has 4 heteroatoms. The molecule has 1 saturated carbocycles. The van der Waals surface area contributed by atoms with Crippen molar-refractivity contribution in [3.8, 4) is 5.75 Å². The lowest BCUT2D eigenvalue weighted by atomic mass is 10.0. The summed E-state index contributed by atoms with van der Waals surface area (Å²) >= 11 is 0. The first kappa shape index (κ1) is 15.3. The van der Waals surface area contributed by atoms with E-state index in [9.17, 15) is 9.50 Å². The van der Waals surface area contributed by atoms with Crippen LogP contribution in [0.25, 0.3) is 0 Å². The first-order valence-corrected chi connectivity index (χ1v) is 7.42. The third kappa shape index (κ3) is 4.18. The van der Waals surface area contributed by atoms with Gasteiger partial charge in [0, 0.05) is 17.7 Å². The Bertz CT molecular complexity index is 430. The fourth-order valence-electron chi connectivity index (χ4n) is 2.86. The Morgan fingerprint density at radius 1 is 1.40 bits per heavy atom. The SMILES string of the molecule is C[C@@H](N)c1ccc(OCC(O)CC2CCCC2)cc1F. The molecule has 1 unspecified atom stereocenters.